The number of ether oxygens (including phenoxy) is 2. The third-order valence-electron chi connectivity index (χ3n) is 5.05. The smallest absolute Gasteiger partial charge is 0.185 e. The molecule has 4 atom stereocenters. The second-order valence-corrected chi connectivity index (χ2v) is 7.36. The van der Waals surface area contributed by atoms with Crippen LogP contribution in [0.5, 0.6) is 0 Å². The van der Waals surface area contributed by atoms with Gasteiger partial charge in [-0.2, -0.15) is 0 Å². The highest BCUT2D eigenvalue weighted by molar-refractivity contribution is 5.70. The van der Waals surface area contributed by atoms with Crippen molar-refractivity contribution in [3.63, 3.8) is 0 Å². The van der Waals surface area contributed by atoms with Crippen LogP contribution in [0.3, 0.4) is 0 Å². The van der Waals surface area contributed by atoms with Crippen LogP contribution in [0.25, 0.3) is 0 Å². The molecule has 170 valence electrons. The SMILES string of the molecule is C=CCO[C@@H](/C=[N+](\[O-])[C@@H](C)c1ccccc1)[C@H](/C=[N+](\[O-])[C@@H](C)c1ccccc1)OCC=C. The topological polar surface area (TPSA) is 70.6 Å². The first-order valence-corrected chi connectivity index (χ1v) is 10.6. The van der Waals surface area contributed by atoms with E-state index in [9.17, 15) is 10.4 Å². The molecule has 0 aliphatic rings. The zero-order valence-electron chi connectivity index (χ0n) is 18.7. The molecule has 6 nitrogen and oxygen atoms in total. The second kappa shape index (κ2) is 13.2. The van der Waals surface area contributed by atoms with Gasteiger partial charge in [-0.05, 0) is 0 Å². The minimum atomic E-state index is -0.795. The molecule has 0 heterocycles. The molecular weight excluding hydrogens is 404 g/mol. The lowest BCUT2D eigenvalue weighted by Crippen LogP contribution is -2.39. The summed E-state index contributed by atoms with van der Waals surface area (Å²) in [4.78, 5) is 0. The van der Waals surface area contributed by atoms with Gasteiger partial charge in [-0.25, -0.2) is 9.48 Å². The van der Waals surface area contributed by atoms with Gasteiger partial charge in [0.2, 0.25) is 0 Å². The molecule has 0 spiro atoms. The molecule has 0 N–H and O–H groups in total. The van der Waals surface area contributed by atoms with Crippen LogP contribution in [0.2, 0.25) is 0 Å². The van der Waals surface area contributed by atoms with Crippen molar-refractivity contribution in [3.8, 4) is 0 Å². The summed E-state index contributed by atoms with van der Waals surface area (Å²) in [5.74, 6) is 0. The van der Waals surface area contributed by atoms with Crippen LogP contribution in [0.15, 0.2) is 86.0 Å². The fourth-order valence-corrected chi connectivity index (χ4v) is 3.11. The number of rotatable bonds is 13. The Hall–Kier alpha value is -3.22. The molecule has 2 rings (SSSR count). The first-order chi connectivity index (χ1) is 15.5. The zero-order valence-corrected chi connectivity index (χ0v) is 18.7. The Morgan fingerprint density at radius 2 is 1.06 bits per heavy atom. The number of hydroxylamine groups is 2. The van der Waals surface area contributed by atoms with E-state index in [2.05, 4.69) is 13.2 Å². The standard InChI is InChI=1S/C26H32N2O4/c1-5-17-31-25(19-27(29)21(3)23-13-9-7-10-14-23)26(32-18-6-2)20-28(30)22(4)24-15-11-8-12-16-24/h5-16,19-22,25-26H,1-2,17-18H2,3-4H3/b27-19-,28-20-/t21-,22-,25-,26-/m0/s1. The van der Waals surface area contributed by atoms with Crippen LogP contribution >= 0.6 is 0 Å². The number of hydrogen-bond acceptors (Lipinski definition) is 4. The van der Waals surface area contributed by atoms with Gasteiger partial charge in [0.05, 0.1) is 13.2 Å². The molecule has 0 aromatic heterocycles. The van der Waals surface area contributed by atoms with Crippen molar-refractivity contribution in [3.05, 3.63) is 108 Å². The summed E-state index contributed by atoms with van der Waals surface area (Å²) >= 11 is 0. The molecule has 0 aliphatic carbocycles. The van der Waals surface area contributed by atoms with Gasteiger partial charge >= 0.3 is 0 Å². The van der Waals surface area contributed by atoms with Gasteiger partial charge in [0.25, 0.3) is 0 Å². The van der Waals surface area contributed by atoms with E-state index in [1.807, 2.05) is 74.5 Å². The fourth-order valence-electron chi connectivity index (χ4n) is 3.11. The van der Waals surface area contributed by atoms with Crippen LogP contribution < -0.4 is 0 Å². The lowest BCUT2D eigenvalue weighted by Gasteiger charge is -2.22. The van der Waals surface area contributed by atoms with E-state index < -0.39 is 24.3 Å². The lowest BCUT2D eigenvalue weighted by atomic mass is 10.1. The fraction of sp³-hybridized carbons (Fsp3) is 0.308. The van der Waals surface area contributed by atoms with Gasteiger partial charge in [0, 0.05) is 25.0 Å². The first kappa shape index (κ1) is 25.0. The molecule has 6 heteroatoms. The molecule has 2 aromatic carbocycles. The molecule has 0 aliphatic heterocycles. The molecule has 0 saturated carbocycles. The van der Waals surface area contributed by atoms with Crippen LogP contribution in [-0.4, -0.2) is 47.3 Å². The van der Waals surface area contributed by atoms with E-state index >= 15 is 0 Å². The Balaban J connectivity index is 2.34. The molecule has 0 radical (unpaired) electrons. The van der Waals surface area contributed by atoms with Crippen molar-refractivity contribution in [2.45, 2.75) is 38.1 Å². The third-order valence-corrected chi connectivity index (χ3v) is 5.05. The number of benzene rings is 2. The summed E-state index contributed by atoms with van der Waals surface area (Å²) < 4.78 is 13.3. The van der Waals surface area contributed by atoms with Gasteiger partial charge in [0.15, 0.2) is 36.7 Å². The zero-order chi connectivity index (χ0) is 23.3. The number of hydrogen-bond donors (Lipinski definition) is 0. The van der Waals surface area contributed by atoms with E-state index in [1.165, 1.54) is 12.4 Å². The van der Waals surface area contributed by atoms with Crippen molar-refractivity contribution >= 4 is 12.4 Å². The highest BCUT2D eigenvalue weighted by Gasteiger charge is 2.28. The molecule has 0 unspecified atom stereocenters. The highest BCUT2D eigenvalue weighted by atomic mass is 16.5. The normalized spacial score (nSPS) is 16.1. The van der Waals surface area contributed by atoms with Crippen molar-refractivity contribution in [1.29, 1.82) is 0 Å². The quantitative estimate of drug-likeness (QED) is 0.148. The Bertz CT molecular complexity index is 821. The van der Waals surface area contributed by atoms with Crippen molar-refractivity contribution in [2.75, 3.05) is 13.2 Å². The minimum absolute atomic E-state index is 0.198. The molecule has 0 bridgehead atoms. The summed E-state index contributed by atoms with van der Waals surface area (Å²) in [6.45, 7) is 11.4. The lowest BCUT2D eigenvalue weighted by molar-refractivity contribution is -0.504. The first-order valence-electron chi connectivity index (χ1n) is 10.6. The van der Waals surface area contributed by atoms with Crippen molar-refractivity contribution in [1.82, 2.24) is 0 Å². The summed E-state index contributed by atoms with van der Waals surface area (Å²) in [6, 6.07) is 18.0. The van der Waals surface area contributed by atoms with E-state index in [4.69, 9.17) is 9.47 Å². The summed E-state index contributed by atoms with van der Waals surface area (Å²) in [5.41, 5.74) is 1.74. The van der Waals surface area contributed by atoms with E-state index in [-0.39, 0.29) is 13.2 Å². The Morgan fingerprint density at radius 3 is 1.38 bits per heavy atom. The van der Waals surface area contributed by atoms with E-state index in [0.29, 0.717) is 0 Å². The van der Waals surface area contributed by atoms with Crippen LogP contribution in [0.1, 0.15) is 37.1 Å². The van der Waals surface area contributed by atoms with Gasteiger partial charge in [0.1, 0.15) is 0 Å². The molecule has 0 amide bonds. The Morgan fingerprint density at radius 1 is 0.719 bits per heavy atom. The maximum atomic E-state index is 12.9. The second-order valence-electron chi connectivity index (χ2n) is 7.36. The van der Waals surface area contributed by atoms with Crippen molar-refractivity contribution < 1.29 is 19.0 Å². The van der Waals surface area contributed by atoms with Gasteiger partial charge in [-0.15, -0.1) is 13.2 Å². The summed E-state index contributed by atoms with van der Waals surface area (Å²) in [7, 11) is 0. The highest BCUT2D eigenvalue weighted by Crippen LogP contribution is 2.17. The van der Waals surface area contributed by atoms with Gasteiger partial charge in [-0.1, -0.05) is 72.8 Å². The number of nitrogens with zero attached hydrogens (tertiary/aromatic N) is 2. The average molecular weight is 437 g/mol. The largest absolute Gasteiger partial charge is 0.624 e. The van der Waals surface area contributed by atoms with Gasteiger partial charge < -0.3 is 19.9 Å². The molecule has 2 aromatic rings. The van der Waals surface area contributed by atoms with E-state index in [0.717, 1.165) is 20.6 Å². The molecule has 32 heavy (non-hydrogen) atoms. The maximum Gasteiger partial charge on any atom is 0.185 e. The van der Waals surface area contributed by atoms with Crippen molar-refractivity contribution in [2.24, 2.45) is 0 Å². The predicted molar refractivity (Wildman–Crippen MR) is 129 cm³/mol. The third kappa shape index (κ3) is 7.48. The van der Waals surface area contributed by atoms with Crippen LogP contribution in [0, 0.1) is 10.4 Å². The van der Waals surface area contributed by atoms with E-state index in [1.54, 1.807) is 12.2 Å². The van der Waals surface area contributed by atoms with Crippen LogP contribution in [0.4, 0.5) is 0 Å². The summed E-state index contributed by atoms with van der Waals surface area (Å²) in [5, 5.41) is 25.8. The average Bonchev–Trinajstić information content (AvgIpc) is 2.84. The minimum Gasteiger partial charge on any atom is -0.624 e. The molecule has 0 fully saturated rings. The molecule has 0 saturated heterocycles. The molecular formula is C26H32N2O4. The monoisotopic (exact) mass is 436 g/mol. The van der Waals surface area contributed by atoms with Crippen LogP contribution in [-0.2, 0) is 9.47 Å². The van der Waals surface area contributed by atoms with Gasteiger partial charge in [-0.3, -0.25) is 0 Å². The predicted octanol–water partition coefficient (Wildman–Crippen LogP) is 4.81. The maximum absolute atomic E-state index is 12.9. The Labute approximate surface area is 190 Å². The summed E-state index contributed by atoms with van der Waals surface area (Å²) in [6.07, 6.45) is 4.40. The Kier molecular flexibility index (Phi) is 10.4.